The summed E-state index contributed by atoms with van der Waals surface area (Å²) in [6.45, 7) is 0.796. The van der Waals surface area contributed by atoms with Crippen molar-refractivity contribution in [2.24, 2.45) is 0 Å². The first kappa shape index (κ1) is 20.9. The van der Waals surface area contributed by atoms with Gasteiger partial charge in [0.25, 0.3) is 0 Å². The largest absolute Gasteiger partial charge is 0.335 e. The van der Waals surface area contributed by atoms with Crippen molar-refractivity contribution < 1.29 is 13.2 Å². The first-order chi connectivity index (χ1) is 12.7. The lowest BCUT2D eigenvalue weighted by atomic mass is 10.1. The zero-order chi connectivity index (χ0) is 19.6. The maximum atomic E-state index is 13.1. The monoisotopic (exact) mass is 432 g/mol. The number of halogens is 2. The molecule has 8 heteroatoms. The topological polar surface area (TPSA) is 57.7 Å². The third-order valence-electron chi connectivity index (χ3n) is 5.39. The van der Waals surface area contributed by atoms with Crippen molar-refractivity contribution in [3.63, 3.8) is 0 Å². The molecular formula is C19H26Cl2N2O3S. The second-order valence-electron chi connectivity index (χ2n) is 7.75. The molecule has 1 amide bonds. The summed E-state index contributed by atoms with van der Waals surface area (Å²) in [5.41, 5.74) is 0.943. The second kappa shape index (κ2) is 8.68. The van der Waals surface area contributed by atoms with Crippen LogP contribution in [0.2, 0.25) is 10.0 Å². The molecule has 0 bridgehead atoms. The van der Waals surface area contributed by atoms with Gasteiger partial charge < -0.3 is 4.90 Å². The number of likely N-dealkylation sites (N-methyl/N-ethyl adjacent to an activating group) is 1. The van der Waals surface area contributed by atoms with Gasteiger partial charge in [-0.05, 0) is 50.1 Å². The number of hydrogen-bond acceptors (Lipinski definition) is 4. The summed E-state index contributed by atoms with van der Waals surface area (Å²) in [5, 5.41) is 1.14. The molecule has 1 aliphatic heterocycles. The number of hydrogen-bond donors (Lipinski definition) is 0. The summed E-state index contributed by atoms with van der Waals surface area (Å²) in [6.07, 6.45) is 4.69. The Kier molecular flexibility index (Phi) is 6.72. The van der Waals surface area contributed by atoms with Crippen LogP contribution in [0.1, 0.15) is 37.7 Å². The summed E-state index contributed by atoms with van der Waals surface area (Å²) in [7, 11) is -1.15. The van der Waals surface area contributed by atoms with Crippen molar-refractivity contribution >= 4 is 38.9 Å². The lowest BCUT2D eigenvalue weighted by Crippen LogP contribution is -2.50. The van der Waals surface area contributed by atoms with E-state index in [4.69, 9.17) is 23.2 Å². The predicted octanol–water partition coefficient (Wildman–Crippen LogP) is 3.38. The molecule has 1 unspecified atom stereocenters. The van der Waals surface area contributed by atoms with E-state index in [0.717, 1.165) is 31.2 Å². The zero-order valence-corrected chi connectivity index (χ0v) is 17.9. The number of benzene rings is 1. The minimum Gasteiger partial charge on any atom is -0.335 e. The molecule has 3 rings (SSSR count). The van der Waals surface area contributed by atoms with Gasteiger partial charge in [-0.2, -0.15) is 0 Å². The maximum absolute atomic E-state index is 13.1. The average molecular weight is 433 g/mol. The molecule has 0 radical (unpaired) electrons. The van der Waals surface area contributed by atoms with Crippen LogP contribution in [0.25, 0.3) is 0 Å². The molecule has 150 valence electrons. The fourth-order valence-electron chi connectivity index (χ4n) is 4.26. The third kappa shape index (κ3) is 5.59. The molecule has 2 fully saturated rings. The molecule has 5 nitrogen and oxygen atoms in total. The summed E-state index contributed by atoms with van der Waals surface area (Å²) >= 11 is 12.1. The quantitative estimate of drug-likeness (QED) is 0.690. The summed E-state index contributed by atoms with van der Waals surface area (Å²) < 4.78 is 23.9. The lowest BCUT2D eigenvalue weighted by molar-refractivity contribution is -0.136. The van der Waals surface area contributed by atoms with E-state index >= 15 is 0 Å². The van der Waals surface area contributed by atoms with Crippen LogP contribution in [0, 0.1) is 0 Å². The van der Waals surface area contributed by atoms with Gasteiger partial charge in [-0.1, -0.05) is 36.0 Å². The van der Waals surface area contributed by atoms with E-state index in [0.29, 0.717) is 23.0 Å². The lowest BCUT2D eigenvalue weighted by Gasteiger charge is -2.35. The van der Waals surface area contributed by atoms with E-state index in [2.05, 4.69) is 0 Å². The van der Waals surface area contributed by atoms with Crippen LogP contribution in [0.4, 0.5) is 0 Å². The number of carbonyl (C=O) groups is 1. The number of amides is 1. The second-order valence-corrected chi connectivity index (χ2v) is 10.8. The molecule has 0 N–H and O–H groups in total. The molecule has 1 aromatic rings. The highest BCUT2D eigenvalue weighted by Crippen LogP contribution is 2.29. The van der Waals surface area contributed by atoms with Crippen LogP contribution in [0.3, 0.4) is 0 Å². The van der Waals surface area contributed by atoms with Gasteiger partial charge in [0, 0.05) is 28.7 Å². The number of rotatable bonds is 6. The van der Waals surface area contributed by atoms with Gasteiger partial charge in [0.15, 0.2) is 9.84 Å². The van der Waals surface area contributed by atoms with Gasteiger partial charge in [-0.3, -0.25) is 9.69 Å². The van der Waals surface area contributed by atoms with Crippen molar-refractivity contribution in [1.82, 2.24) is 9.80 Å². The smallest absolute Gasteiger partial charge is 0.237 e. The molecule has 1 aromatic carbocycles. The summed E-state index contributed by atoms with van der Waals surface area (Å²) in [5.74, 6) is 0.299. The first-order valence-electron chi connectivity index (χ1n) is 9.38. The van der Waals surface area contributed by atoms with E-state index in [9.17, 15) is 13.2 Å². The van der Waals surface area contributed by atoms with Gasteiger partial charge in [0.1, 0.15) is 0 Å². The highest BCUT2D eigenvalue weighted by atomic mass is 35.5. The van der Waals surface area contributed by atoms with E-state index in [1.165, 1.54) is 0 Å². The minimum absolute atomic E-state index is 0.0135. The number of carbonyl (C=O) groups excluding carboxylic acids is 1. The Labute approximate surface area is 171 Å². The molecule has 1 aliphatic carbocycles. The Hall–Kier alpha value is -0.820. The van der Waals surface area contributed by atoms with E-state index in [1.807, 2.05) is 29.0 Å². The highest BCUT2D eigenvalue weighted by molar-refractivity contribution is 7.91. The van der Waals surface area contributed by atoms with Gasteiger partial charge in [0.05, 0.1) is 18.1 Å². The van der Waals surface area contributed by atoms with Crippen LogP contribution in [0.15, 0.2) is 18.2 Å². The molecular weight excluding hydrogens is 407 g/mol. The molecule has 1 saturated carbocycles. The fraction of sp³-hybridized carbons (Fsp3) is 0.632. The minimum atomic E-state index is -3.03. The van der Waals surface area contributed by atoms with Crippen molar-refractivity contribution in [3.8, 4) is 0 Å². The Bertz CT molecular complexity index is 774. The van der Waals surface area contributed by atoms with Crippen LogP contribution in [0.5, 0.6) is 0 Å². The van der Waals surface area contributed by atoms with Crippen molar-refractivity contribution in [1.29, 1.82) is 0 Å². The Morgan fingerprint density at radius 3 is 2.26 bits per heavy atom. The molecule has 0 spiro atoms. The van der Waals surface area contributed by atoms with Crippen LogP contribution >= 0.6 is 23.2 Å². The molecule has 0 aromatic heterocycles. The highest BCUT2D eigenvalue weighted by Gasteiger charge is 2.39. The fourth-order valence-corrected chi connectivity index (χ4v) is 6.55. The Morgan fingerprint density at radius 2 is 1.70 bits per heavy atom. The first-order valence-corrected chi connectivity index (χ1v) is 12.0. The van der Waals surface area contributed by atoms with Gasteiger partial charge in [-0.15, -0.1) is 0 Å². The molecule has 1 heterocycles. The van der Waals surface area contributed by atoms with E-state index in [-0.39, 0.29) is 36.0 Å². The van der Waals surface area contributed by atoms with E-state index in [1.54, 1.807) is 6.07 Å². The van der Waals surface area contributed by atoms with Gasteiger partial charge in [-0.25, -0.2) is 8.42 Å². The SMILES string of the molecule is CN(CC(=O)N(C1CCCC1)C1CCS(=O)(=O)C1)Cc1cc(Cl)cc(Cl)c1. The zero-order valence-electron chi connectivity index (χ0n) is 15.5. The standard InChI is InChI=1S/C19H26Cl2N2O3S/c1-22(11-14-8-15(20)10-16(21)9-14)12-19(24)23(17-4-2-3-5-17)18-6-7-27(25,26)13-18/h8-10,17-18H,2-7,11-13H2,1H3. The predicted molar refractivity (Wildman–Crippen MR) is 109 cm³/mol. The third-order valence-corrected chi connectivity index (χ3v) is 7.57. The summed E-state index contributed by atoms with van der Waals surface area (Å²) in [6, 6.07) is 5.35. The van der Waals surface area contributed by atoms with Gasteiger partial charge in [0.2, 0.25) is 5.91 Å². The average Bonchev–Trinajstić information content (AvgIpc) is 3.16. The van der Waals surface area contributed by atoms with Crippen LogP contribution < -0.4 is 0 Å². The molecule has 27 heavy (non-hydrogen) atoms. The number of nitrogens with zero attached hydrogens (tertiary/aromatic N) is 2. The van der Waals surface area contributed by atoms with Crippen molar-refractivity contribution in [3.05, 3.63) is 33.8 Å². The molecule has 2 aliphatic rings. The molecule has 1 saturated heterocycles. The van der Waals surface area contributed by atoms with Crippen LogP contribution in [-0.2, 0) is 21.2 Å². The van der Waals surface area contributed by atoms with Crippen molar-refractivity contribution in [2.75, 3.05) is 25.1 Å². The van der Waals surface area contributed by atoms with Gasteiger partial charge >= 0.3 is 0 Å². The van der Waals surface area contributed by atoms with Crippen LogP contribution in [-0.4, -0.2) is 61.3 Å². The normalized spacial score (nSPS) is 22.4. The number of sulfone groups is 1. The van der Waals surface area contributed by atoms with E-state index < -0.39 is 9.84 Å². The molecule has 1 atom stereocenters. The van der Waals surface area contributed by atoms with Crippen molar-refractivity contribution in [2.45, 2.75) is 50.7 Å². The Morgan fingerprint density at radius 1 is 1.07 bits per heavy atom. The maximum Gasteiger partial charge on any atom is 0.237 e. The Balaban J connectivity index is 1.68. The summed E-state index contributed by atoms with van der Waals surface area (Å²) in [4.78, 5) is 16.9.